The van der Waals surface area contributed by atoms with Crippen LogP contribution in [0.3, 0.4) is 0 Å². The van der Waals surface area contributed by atoms with Crippen LogP contribution in [0.4, 0.5) is 10.5 Å². The van der Waals surface area contributed by atoms with Crippen LogP contribution in [0, 0.1) is 6.92 Å². The number of oxime groups is 1. The van der Waals surface area contributed by atoms with Gasteiger partial charge in [0, 0.05) is 12.1 Å². The van der Waals surface area contributed by atoms with E-state index in [1.165, 1.54) is 6.21 Å². The van der Waals surface area contributed by atoms with Gasteiger partial charge in [0.05, 0.1) is 12.8 Å². The molecule has 0 radical (unpaired) electrons. The van der Waals surface area contributed by atoms with Gasteiger partial charge in [-0.1, -0.05) is 22.9 Å². The number of hydrogen-bond acceptors (Lipinski definition) is 4. The van der Waals surface area contributed by atoms with Crippen LogP contribution in [0.15, 0.2) is 47.6 Å². The minimum absolute atomic E-state index is 0.621. The number of hydrogen-bond donors (Lipinski definition) is 1. The fraction of sp³-hybridized carbons (Fsp3) is 0.176. The number of aryl methyl sites for hydroxylation is 1. The number of ether oxygens (including phenoxy) is 1. The van der Waals surface area contributed by atoms with Gasteiger partial charge in [-0.2, -0.15) is 0 Å². The summed E-state index contributed by atoms with van der Waals surface area (Å²) in [6.45, 7) is 2.69. The molecule has 5 heteroatoms. The first kappa shape index (κ1) is 14.1. The molecule has 1 aliphatic heterocycles. The third-order valence-electron chi connectivity index (χ3n) is 3.35. The molecule has 1 aliphatic rings. The molecule has 0 aromatic heterocycles. The average Bonchev–Trinajstić information content (AvgIpc) is 2.97. The number of benzene rings is 2. The van der Waals surface area contributed by atoms with Gasteiger partial charge in [-0.25, -0.2) is 4.79 Å². The van der Waals surface area contributed by atoms with Crippen molar-refractivity contribution in [1.82, 2.24) is 0 Å². The van der Waals surface area contributed by atoms with Crippen LogP contribution >= 0.6 is 0 Å². The van der Waals surface area contributed by atoms with Crippen LogP contribution in [0.1, 0.15) is 16.7 Å². The Labute approximate surface area is 128 Å². The maximum Gasteiger partial charge on any atom is 0.437 e. The molecular formula is C17H16N2O3. The summed E-state index contributed by atoms with van der Waals surface area (Å²) in [7, 11) is 0. The van der Waals surface area contributed by atoms with Gasteiger partial charge in [0.15, 0.2) is 0 Å². The van der Waals surface area contributed by atoms with Crippen LogP contribution in [0.5, 0.6) is 5.75 Å². The number of amides is 1. The first-order valence-electron chi connectivity index (χ1n) is 7.04. The summed E-state index contributed by atoms with van der Waals surface area (Å²) in [6, 6.07) is 13.2. The van der Waals surface area contributed by atoms with Gasteiger partial charge in [0.2, 0.25) is 0 Å². The largest absolute Gasteiger partial charge is 0.493 e. The van der Waals surface area contributed by atoms with Crippen molar-refractivity contribution >= 4 is 18.0 Å². The van der Waals surface area contributed by atoms with E-state index in [1.807, 2.05) is 37.3 Å². The molecule has 22 heavy (non-hydrogen) atoms. The topological polar surface area (TPSA) is 59.9 Å². The first-order chi connectivity index (χ1) is 10.7. The summed E-state index contributed by atoms with van der Waals surface area (Å²) in [6.07, 6.45) is 1.78. The second kappa shape index (κ2) is 6.30. The lowest BCUT2D eigenvalue weighted by Gasteiger charge is -2.03. The lowest BCUT2D eigenvalue weighted by molar-refractivity contribution is 0.167. The molecule has 2 aromatic carbocycles. The number of nitrogens with one attached hydrogen (secondary N) is 1. The van der Waals surface area contributed by atoms with Gasteiger partial charge in [-0.3, -0.25) is 10.2 Å². The molecule has 5 nitrogen and oxygen atoms in total. The van der Waals surface area contributed by atoms with E-state index < -0.39 is 6.09 Å². The van der Waals surface area contributed by atoms with Crippen molar-refractivity contribution in [2.75, 3.05) is 11.9 Å². The van der Waals surface area contributed by atoms with Gasteiger partial charge in [0.25, 0.3) is 0 Å². The Morgan fingerprint density at radius 2 is 2.09 bits per heavy atom. The molecule has 0 saturated heterocycles. The molecule has 112 valence electrons. The van der Waals surface area contributed by atoms with E-state index in [1.54, 1.807) is 12.1 Å². The zero-order valence-electron chi connectivity index (χ0n) is 12.2. The summed E-state index contributed by atoms with van der Waals surface area (Å²) in [5.41, 5.74) is 3.80. The number of nitrogens with zero attached hydrogens (tertiary/aromatic N) is 1. The predicted molar refractivity (Wildman–Crippen MR) is 84.5 cm³/mol. The van der Waals surface area contributed by atoms with Crippen molar-refractivity contribution in [2.24, 2.45) is 5.16 Å². The van der Waals surface area contributed by atoms with E-state index in [0.29, 0.717) is 12.3 Å². The minimum Gasteiger partial charge on any atom is -0.493 e. The molecule has 3 rings (SSSR count). The zero-order chi connectivity index (χ0) is 15.4. The molecule has 1 amide bonds. The minimum atomic E-state index is -0.621. The fourth-order valence-corrected chi connectivity index (χ4v) is 2.20. The summed E-state index contributed by atoms with van der Waals surface area (Å²) in [5, 5.41) is 6.31. The summed E-state index contributed by atoms with van der Waals surface area (Å²) < 4.78 is 5.43. The fourth-order valence-electron chi connectivity index (χ4n) is 2.20. The van der Waals surface area contributed by atoms with Gasteiger partial charge in [-0.15, -0.1) is 0 Å². The highest BCUT2D eigenvalue weighted by Gasteiger charge is 2.11. The Bertz CT molecular complexity index is 708. The van der Waals surface area contributed by atoms with Crippen LogP contribution in [-0.2, 0) is 11.3 Å². The second-order valence-corrected chi connectivity index (χ2v) is 5.07. The third-order valence-corrected chi connectivity index (χ3v) is 3.35. The first-order valence-corrected chi connectivity index (χ1v) is 7.04. The average molecular weight is 296 g/mol. The lowest BCUT2D eigenvalue weighted by atomic mass is 10.1. The van der Waals surface area contributed by atoms with Crippen LogP contribution in [0.2, 0.25) is 0 Å². The van der Waals surface area contributed by atoms with Gasteiger partial charge >= 0.3 is 6.09 Å². The van der Waals surface area contributed by atoms with E-state index in [-0.39, 0.29) is 0 Å². The lowest BCUT2D eigenvalue weighted by Crippen LogP contribution is -2.10. The van der Waals surface area contributed by atoms with Gasteiger partial charge < -0.3 is 4.74 Å². The van der Waals surface area contributed by atoms with E-state index >= 15 is 0 Å². The quantitative estimate of drug-likeness (QED) is 0.535. The Kier molecular flexibility index (Phi) is 4.05. The number of carbonyl (C=O) groups is 1. The van der Waals surface area contributed by atoms with E-state index in [4.69, 9.17) is 9.57 Å². The molecule has 1 heterocycles. The second-order valence-electron chi connectivity index (χ2n) is 5.07. The molecule has 0 saturated carbocycles. The molecule has 0 aliphatic carbocycles. The Morgan fingerprint density at radius 3 is 2.91 bits per heavy atom. The summed E-state index contributed by atoms with van der Waals surface area (Å²) >= 11 is 0. The van der Waals surface area contributed by atoms with Crippen molar-refractivity contribution in [3.05, 3.63) is 59.2 Å². The van der Waals surface area contributed by atoms with Crippen LogP contribution < -0.4 is 10.1 Å². The summed E-state index contributed by atoms with van der Waals surface area (Å²) in [4.78, 5) is 16.4. The van der Waals surface area contributed by atoms with Crippen molar-refractivity contribution in [3.63, 3.8) is 0 Å². The number of carbonyl (C=O) groups excluding carboxylic acids is 1. The molecule has 2 aromatic rings. The molecule has 0 fully saturated rings. The highest BCUT2D eigenvalue weighted by atomic mass is 16.7. The van der Waals surface area contributed by atoms with Gasteiger partial charge in [0.1, 0.15) is 5.75 Å². The highest BCUT2D eigenvalue weighted by Crippen LogP contribution is 2.25. The predicted octanol–water partition coefficient (Wildman–Crippen LogP) is 3.51. The molecular weight excluding hydrogens is 280 g/mol. The van der Waals surface area contributed by atoms with Gasteiger partial charge in [-0.05, 0) is 48.4 Å². The van der Waals surface area contributed by atoms with E-state index in [2.05, 4.69) is 10.5 Å². The van der Waals surface area contributed by atoms with E-state index in [9.17, 15) is 4.79 Å². The van der Waals surface area contributed by atoms with Crippen LogP contribution in [0.25, 0.3) is 0 Å². The molecule has 0 atom stereocenters. The summed E-state index contributed by atoms with van der Waals surface area (Å²) in [5.74, 6) is 0.912. The van der Waals surface area contributed by atoms with Crippen molar-refractivity contribution in [3.8, 4) is 5.75 Å². The maximum atomic E-state index is 11.6. The standard InChI is InChI=1S/C17H16N2O3/c1-12-2-5-15(6-3-12)19-17(20)22-18-11-13-4-7-16-14(10-13)8-9-21-16/h2-7,10-11H,8-9H2,1H3,(H,19,20). The maximum absolute atomic E-state index is 11.6. The van der Waals surface area contributed by atoms with Crippen LogP contribution in [-0.4, -0.2) is 18.9 Å². The Hall–Kier alpha value is -2.82. The van der Waals surface area contributed by atoms with Crippen molar-refractivity contribution in [1.29, 1.82) is 0 Å². The normalized spacial score (nSPS) is 12.8. The number of rotatable bonds is 3. The zero-order valence-corrected chi connectivity index (χ0v) is 12.2. The smallest absolute Gasteiger partial charge is 0.437 e. The molecule has 0 unspecified atom stereocenters. The monoisotopic (exact) mass is 296 g/mol. The van der Waals surface area contributed by atoms with E-state index in [0.717, 1.165) is 28.9 Å². The third kappa shape index (κ3) is 3.44. The Balaban J connectivity index is 1.55. The molecule has 0 spiro atoms. The molecule has 1 N–H and O–H groups in total. The Morgan fingerprint density at radius 1 is 1.27 bits per heavy atom. The molecule has 0 bridgehead atoms. The SMILES string of the molecule is Cc1ccc(NC(=O)ON=Cc2ccc3c(c2)CCO3)cc1. The highest BCUT2D eigenvalue weighted by molar-refractivity contribution is 5.86. The van der Waals surface area contributed by atoms with Crippen molar-refractivity contribution < 1.29 is 14.4 Å². The number of fused-ring (bicyclic) bond motifs is 1. The van der Waals surface area contributed by atoms with Crippen molar-refractivity contribution in [2.45, 2.75) is 13.3 Å². The number of anilines is 1.